The van der Waals surface area contributed by atoms with Gasteiger partial charge in [0.05, 0.1) is 16.5 Å². The molecule has 10 nitrogen and oxygen atoms in total. The van der Waals surface area contributed by atoms with Crippen LogP contribution in [0, 0.1) is 13.8 Å². The number of benzene rings is 1. The zero-order chi connectivity index (χ0) is 23.4. The molecular weight excluding hydrogens is 442 g/mol. The summed E-state index contributed by atoms with van der Waals surface area (Å²) in [6.45, 7) is 6.75. The van der Waals surface area contributed by atoms with Crippen molar-refractivity contribution in [2.45, 2.75) is 20.4 Å². The maximum absolute atomic E-state index is 13.0. The van der Waals surface area contributed by atoms with Crippen molar-refractivity contribution in [2.24, 2.45) is 14.1 Å². The van der Waals surface area contributed by atoms with Gasteiger partial charge >= 0.3 is 5.69 Å². The number of thiazole rings is 1. The molecule has 1 fully saturated rings. The van der Waals surface area contributed by atoms with Crippen LogP contribution in [-0.4, -0.2) is 60.7 Å². The van der Waals surface area contributed by atoms with Gasteiger partial charge in [0.25, 0.3) is 5.56 Å². The summed E-state index contributed by atoms with van der Waals surface area (Å²) in [4.78, 5) is 50.8. The van der Waals surface area contributed by atoms with Gasteiger partial charge in [-0.15, -0.1) is 0 Å². The van der Waals surface area contributed by atoms with Crippen LogP contribution in [0.25, 0.3) is 21.4 Å². The molecule has 0 radical (unpaired) electrons. The zero-order valence-electron chi connectivity index (χ0n) is 19.0. The molecule has 1 amide bonds. The molecule has 33 heavy (non-hydrogen) atoms. The molecule has 11 heteroatoms. The first-order valence-corrected chi connectivity index (χ1v) is 11.6. The van der Waals surface area contributed by atoms with Gasteiger partial charge in [-0.2, -0.15) is 0 Å². The van der Waals surface area contributed by atoms with Gasteiger partial charge in [0.1, 0.15) is 6.54 Å². The molecule has 3 aromatic heterocycles. The smallest absolute Gasteiger partial charge is 0.332 e. The number of piperazine rings is 1. The van der Waals surface area contributed by atoms with Crippen molar-refractivity contribution in [1.29, 1.82) is 0 Å². The summed E-state index contributed by atoms with van der Waals surface area (Å²) in [5.74, 6) is -0.0828. The van der Waals surface area contributed by atoms with E-state index in [1.807, 2.05) is 0 Å². The molecule has 0 N–H and O–H groups in total. The lowest BCUT2D eigenvalue weighted by Gasteiger charge is -2.34. The summed E-state index contributed by atoms with van der Waals surface area (Å²) < 4.78 is 5.06. The van der Waals surface area contributed by atoms with Crippen LogP contribution < -0.4 is 16.1 Å². The molecule has 0 bridgehead atoms. The van der Waals surface area contributed by atoms with E-state index >= 15 is 0 Å². The highest BCUT2D eigenvalue weighted by Gasteiger charge is 2.25. The summed E-state index contributed by atoms with van der Waals surface area (Å²) in [6, 6.07) is 4.25. The second-order valence-electron chi connectivity index (χ2n) is 8.47. The van der Waals surface area contributed by atoms with Gasteiger partial charge in [-0.3, -0.25) is 18.7 Å². The minimum atomic E-state index is -0.454. The van der Waals surface area contributed by atoms with Gasteiger partial charge in [0.15, 0.2) is 16.3 Å². The SMILES string of the molecule is Cc1ccc2sc(N3CCN(C(=O)Cn4cnc5c4c(=O)n(C)c(=O)n5C)CC3)nc2c1C. The fourth-order valence-electron chi connectivity index (χ4n) is 4.26. The molecule has 0 aliphatic carbocycles. The van der Waals surface area contributed by atoms with E-state index in [0.717, 1.165) is 15.2 Å². The van der Waals surface area contributed by atoms with Gasteiger partial charge in [-0.05, 0) is 31.0 Å². The lowest BCUT2D eigenvalue weighted by molar-refractivity contribution is -0.132. The van der Waals surface area contributed by atoms with Crippen LogP contribution in [0.5, 0.6) is 0 Å². The molecule has 1 saturated heterocycles. The molecule has 0 unspecified atom stereocenters. The van der Waals surface area contributed by atoms with Crippen molar-refractivity contribution < 1.29 is 4.79 Å². The van der Waals surface area contributed by atoms with Gasteiger partial charge in [-0.25, -0.2) is 14.8 Å². The Morgan fingerprint density at radius 1 is 1.06 bits per heavy atom. The molecule has 1 aliphatic heterocycles. The third-order valence-electron chi connectivity index (χ3n) is 6.50. The summed E-state index contributed by atoms with van der Waals surface area (Å²) >= 11 is 1.68. The van der Waals surface area contributed by atoms with Crippen molar-refractivity contribution in [3.05, 3.63) is 50.4 Å². The third-order valence-corrected chi connectivity index (χ3v) is 7.58. The van der Waals surface area contributed by atoms with Crippen LogP contribution in [0.1, 0.15) is 11.1 Å². The number of carbonyl (C=O) groups excluding carboxylic acids is 1. The van der Waals surface area contributed by atoms with Crippen LogP contribution in [0.3, 0.4) is 0 Å². The van der Waals surface area contributed by atoms with Crippen molar-refractivity contribution in [2.75, 3.05) is 31.1 Å². The molecule has 1 aromatic carbocycles. The number of aryl methyl sites for hydroxylation is 3. The Balaban J connectivity index is 1.31. The Bertz CT molecular complexity index is 1520. The molecule has 0 spiro atoms. The lowest BCUT2D eigenvalue weighted by atomic mass is 10.1. The number of hydrogen-bond donors (Lipinski definition) is 0. The number of nitrogens with zero attached hydrogens (tertiary/aromatic N) is 7. The second-order valence-corrected chi connectivity index (χ2v) is 9.48. The Kier molecular flexibility index (Phi) is 5.08. The number of fused-ring (bicyclic) bond motifs is 2. The highest BCUT2D eigenvalue weighted by molar-refractivity contribution is 7.22. The van der Waals surface area contributed by atoms with Crippen LogP contribution in [0.2, 0.25) is 0 Å². The quantitative estimate of drug-likeness (QED) is 0.446. The lowest BCUT2D eigenvalue weighted by Crippen LogP contribution is -2.49. The van der Waals surface area contributed by atoms with Gasteiger partial charge in [0, 0.05) is 40.3 Å². The van der Waals surface area contributed by atoms with Crippen LogP contribution in [0.4, 0.5) is 5.13 Å². The summed E-state index contributed by atoms with van der Waals surface area (Å²) in [6.07, 6.45) is 1.45. The summed E-state index contributed by atoms with van der Waals surface area (Å²) in [5.41, 5.74) is 3.13. The third kappa shape index (κ3) is 3.43. The Morgan fingerprint density at radius 3 is 2.52 bits per heavy atom. The molecule has 0 saturated carbocycles. The minimum absolute atomic E-state index is 0.00352. The Labute approximate surface area is 193 Å². The van der Waals surface area contributed by atoms with Gasteiger partial charge < -0.3 is 14.4 Å². The van der Waals surface area contributed by atoms with E-state index in [4.69, 9.17) is 4.98 Å². The van der Waals surface area contributed by atoms with Gasteiger partial charge in [-0.1, -0.05) is 17.4 Å². The van der Waals surface area contributed by atoms with E-state index in [1.54, 1.807) is 23.3 Å². The number of imidazole rings is 1. The first-order chi connectivity index (χ1) is 15.8. The highest BCUT2D eigenvalue weighted by Crippen LogP contribution is 2.32. The predicted octanol–water partition coefficient (Wildman–Crippen LogP) is 1.01. The van der Waals surface area contributed by atoms with E-state index in [0.29, 0.717) is 26.2 Å². The Morgan fingerprint density at radius 2 is 1.79 bits per heavy atom. The van der Waals surface area contributed by atoms with E-state index < -0.39 is 11.2 Å². The molecule has 5 rings (SSSR count). The maximum Gasteiger partial charge on any atom is 0.332 e. The number of aromatic nitrogens is 5. The normalized spacial score (nSPS) is 14.5. The standard InChI is InChI=1S/C22H25N7O3S/c1-13-5-6-15-17(14(13)2)24-21(33-15)28-9-7-27(8-10-28)16(30)11-29-12-23-19-18(29)20(31)26(4)22(32)25(19)3/h5-6,12H,7-11H2,1-4H3. The molecule has 0 atom stereocenters. The summed E-state index contributed by atoms with van der Waals surface area (Å²) in [7, 11) is 2.99. The zero-order valence-corrected chi connectivity index (χ0v) is 19.8. The van der Waals surface area contributed by atoms with Crippen molar-refractivity contribution >= 4 is 43.8 Å². The highest BCUT2D eigenvalue weighted by atomic mass is 32.1. The van der Waals surface area contributed by atoms with E-state index in [-0.39, 0.29) is 23.6 Å². The Hall–Kier alpha value is -3.47. The van der Waals surface area contributed by atoms with Crippen LogP contribution >= 0.6 is 11.3 Å². The second kappa shape index (κ2) is 7.84. The fourth-order valence-corrected chi connectivity index (χ4v) is 5.34. The topological polar surface area (TPSA) is 98.3 Å². The van der Waals surface area contributed by atoms with Gasteiger partial charge in [0.2, 0.25) is 5.91 Å². The first kappa shape index (κ1) is 21.4. The molecule has 172 valence electrons. The van der Waals surface area contributed by atoms with E-state index in [1.165, 1.54) is 38.3 Å². The average molecular weight is 468 g/mol. The van der Waals surface area contributed by atoms with Crippen molar-refractivity contribution in [1.82, 2.24) is 28.6 Å². The van der Waals surface area contributed by atoms with Crippen LogP contribution in [0.15, 0.2) is 28.0 Å². The number of rotatable bonds is 3. The monoisotopic (exact) mass is 467 g/mol. The molecular formula is C22H25N7O3S. The number of amides is 1. The largest absolute Gasteiger partial charge is 0.345 e. The van der Waals surface area contributed by atoms with E-state index in [2.05, 4.69) is 35.9 Å². The van der Waals surface area contributed by atoms with Crippen LogP contribution in [-0.2, 0) is 25.4 Å². The maximum atomic E-state index is 13.0. The van der Waals surface area contributed by atoms with E-state index in [9.17, 15) is 14.4 Å². The summed E-state index contributed by atoms with van der Waals surface area (Å²) in [5, 5.41) is 0.982. The fraction of sp³-hybridized carbons (Fsp3) is 0.409. The molecule has 4 aromatic rings. The predicted molar refractivity (Wildman–Crippen MR) is 128 cm³/mol. The minimum Gasteiger partial charge on any atom is -0.345 e. The number of anilines is 1. The number of carbonyl (C=O) groups is 1. The first-order valence-electron chi connectivity index (χ1n) is 10.8. The molecule has 4 heterocycles. The van der Waals surface area contributed by atoms with Crippen molar-refractivity contribution in [3.8, 4) is 0 Å². The molecule has 1 aliphatic rings. The number of hydrogen-bond acceptors (Lipinski definition) is 7. The average Bonchev–Trinajstić information content (AvgIpc) is 3.44. The van der Waals surface area contributed by atoms with Crippen molar-refractivity contribution in [3.63, 3.8) is 0 Å².